The molecule has 0 unspecified atom stereocenters. The Balaban J connectivity index is 1.67. The summed E-state index contributed by atoms with van der Waals surface area (Å²) in [5.74, 6) is -1.04. The van der Waals surface area contributed by atoms with E-state index in [1.54, 1.807) is 23.2 Å². The van der Waals surface area contributed by atoms with Crippen molar-refractivity contribution < 1.29 is 19.4 Å². The standard InChI is InChI=1S/C18H24N2O4/c1-12-10-20(11-15(12)18(22)23)17(21)13-7-8-19-16(9-13)24-14-5-3-2-4-6-14/h7-9,12,14-15H,2-6,10-11H2,1H3,(H,22,23)/t12-,15-/m1/s1. The molecule has 2 heterocycles. The molecule has 2 aliphatic rings. The van der Waals surface area contributed by atoms with E-state index in [0.717, 1.165) is 12.8 Å². The molecule has 24 heavy (non-hydrogen) atoms. The molecule has 1 aliphatic heterocycles. The van der Waals surface area contributed by atoms with Gasteiger partial charge in [-0.1, -0.05) is 13.3 Å². The van der Waals surface area contributed by atoms with Crippen molar-refractivity contribution >= 4 is 11.9 Å². The van der Waals surface area contributed by atoms with Crippen molar-refractivity contribution in [1.82, 2.24) is 9.88 Å². The van der Waals surface area contributed by atoms with Gasteiger partial charge in [0.15, 0.2) is 0 Å². The second-order valence-corrected chi connectivity index (χ2v) is 6.89. The maximum atomic E-state index is 12.7. The smallest absolute Gasteiger partial charge is 0.308 e. The molecule has 130 valence electrons. The minimum absolute atomic E-state index is 0.0359. The van der Waals surface area contributed by atoms with Crippen molar-refractivity contribution in [2.75, 3.05) is 13.1 Å². The average Bonchev–Trinajstić information content (AvgIpc) is 2.97. The molecular formula is C18H24N2O4. The number of likely N-dealkylation sites (tertiary alicyclic amines) is 1. The van der Waals surface area contributed by atoms with Gasteiger partial charge < -0.3 is 14.7 Å². The van der Waals surface area contributed by atoms with Gasteiger partial charge in [-0.2, -0.15) is 0 Å². The number of carbonyl (C=O) groups is 2. The molecule has 2 fully saturated rings. The number of aromatic nitrogens is 1. The van der Waals surface area contributed by atoms with E-state index in [2.05, 4.69) is 4.98 Å². The van der Waals surface area contributed by atoms with Crippen LogP contribution in [0.3, 0.4) is 0 Å². The predicted octanol–water partition coefficient (Wildman–Crippen LogP) is 2.59. The van der Waals surface area contributed by atoms with Crippen LogP contribution in [0.4, 0.5) is 0 Å². The summed E-state index contributed by atoms with van der Waals surface area (Å²) < 4.78 is 5.91. The van der Waals surface area contributed by atoms with Crippen LogP contribution in [0.15, 0.2) is 18.3 Å². The van der Waals surface area contributed by atoms with Crippen LogP contribution in [-0.2, 0) is 4.79 Å². The number of aliphatic carboxylic acids is 1. The summed E-state index contributed by atoms with van der Waals surface area (Å²) in [5, 5.41) is 9.21. The molecule has 6 heteroatoms. The van der Waals surface area contributed by atoms with Gasteiger partial charge in [-0.15, -0.1) is 0 Å². The fourth-order valence-electron chi connectivity index (χ4n) is 3.60. The second kappa shape index (κ2) is 7.20. The maximum absolute atomic E-state index is 12.7. The van der Waals surface area contributed by atoms with Crippen LogP contribution in [0.1, 0.15) is 49.4 Å². The lowest BCUT2D eigenvalue weighted by Gasteiger charge is -2.22. The number of carboxylic acid groups (broad SMARTS) is 1. The normalized spacial score (nSPS) is 24.8. The Morgan fingerprint density at radius 1 is 1.25 bits per heavy atom. The van der Waals surface area contributed by atoms with Crippen molar-refractivity contribution in [2.24, 2.45) is 11.8 Å². The van der Waals surface area contributed by atoms with Crippen LogP contribution in [0, 0.1) is 11.8 Å². The molecule has 3 rings (SSSR count). The third-order valence-electron chi connectivity index (χ3n) is 5.04. The van der Waals surface area contributed by atoms with Crippen LogP contribution < -0.4 is 4.74 Å². The summed E-state index contributed by atoms with van der Waals surface area (Å²) in [6, 6.07) is 3.34. The van der Waals surface area contributed by atoms with Crippen LogP contribution in [-0.4, -0.2) is 46.1 Å². The van der Waals surface area contributed by atoms with Gasteiger partial charge in [-0.05, 0) is 37.7 Å². The fourth-order valence-corrected chi connectivity index (χ4v) is 3.60. The largest absolute Gasteiger partial charge is 0.481 e. The highest BCUT2D eigenvalue weighted by Crippen LogP contribution is 2.26. The molecule has 1 amide bonds. The predicted molar refractivity (Wildman–Crippen MR) is 87.9 cm³/mol. The van der Waals surface area contributed by atoms with E-state index in [0.29, 0.717) is 18.0 Å². The molecule has 0 radical (unpaired) electrons. The molecule has 1 aromatic heterocycles. The Labute approximate surface area is 141 Å². The molecule has 1 saturated carbocycles. The van der Waals surface area contributed by atoms with E-state index < -0.39 is 11.9 Å². The van der Waals surface area contributed by atoms with Gasteiger partial charge >= 0.3 is 5.97 Å². The van der Waals surface area contributed by atoms with E-state index in [9.17, 15) is 14.7 Å². The van der Waals surface area contributed by atoms with Gasteiger partial charge in [0.05, 0.1) is 5.92 Å². The van der Waals surface area contributed by atoms with E-state index >= 15 is 0 Å². The van der Waals surface area contributed by atoms with Gasteiger partial charge in [0.25, 0.3) is 5.91 Å². The number of carbonyl (C=O) groups excluding carboxylic acids is 1. The first-order chi connectivity index (χ1) is 11.5. The van der Waals surface area contributed by atoms with Gasteiger partial charge in [-0.3, -0.25) is 9.59 Å². The van der Waals surface area contributed by atoms with Crippen molar-refractivity contribution in [3.63, 3.8) is 0 Å². The van der Waals surface area contributed by atoms with Gasteiger partial charge in [-0.25, -0.2) is 4.98 Å². The Kier molecular flexibility index (Phi) is 5.02. The topological polar surface area (TPSA) is 79.7 Å². The SMILES string of the molecule is C[C@@H]1CN(C(=O)c2ccnc(OC3CCCCC3)c2)C[C@H]1C(=O)O. The first-order valence-electron chi connectivity index (χ1n) is 8.69. The van der Waals surface area contributed by atoms with Gasteiger partial charge in [0, 0.05) is 30.9 Å². The molecule has 1 aromatic rings. The lowest BCUT2D eigenvalue weighted by atomic mass is 9.98. The van der Waals surface area contributed by atoms with Crippen molar-refractivity contribution in [1.29, 1.82) is 0 Å². The van der Waals surface area contributed by atoms with E-state index in [-0.39, 0.29) is 24.5 Å². The summed E-state index contributed by atoms with van der Waals surface area (Å²) in [7, 11) is 0. The third kappa shape index (κ3) is 3.68. The highest BCUT2D eigenvalue weighted by Gasteiger charge is 2.37. The zero-order valence-electron chi connectivity index (χ0n) is 14.0. The molecule has 0 aromatic carbocycles. The molecule has 1 saturated heterocycles. The highest BCUT2D eigenvalue weighted by molar-refractivity contribution is 5.95. The minimum atomic E-state index is -0.839. The molecule has 1 aliphatic carbocycles. The summed E-state index contributed by atoms with van der Waals surface area (Å²) >= 11 is 0. The Bertz CT molecular complexity index is 613. The number of pyridine rings is 1. The summed E-state index contributed by atoms with van der Waals surface area (Å²) in [6.07, 6.45) is 7.42. The number of amides is 1. The minimum Gasteiger partial charge on any atom is -0.481 e. The number of ether oxygens (including phenoxy) is 1. The van der Waals surface area contributed by atoms with Crippen LogP contribution in [0.5, 0.6) is 5.88 Å². The fraction of sp³-hybridized carbons (Fsp3) is 0.611. The lowest BCUT2D eigenvalue weighted by molar-refractivity contribution is -0.142. The Hall–Kier alpha value is -2.11. The molecular weight excluding hydrogens is 308 g/mol. The summed E-state index contributed by atoms with van der Waals surface area (Å²) in [5.41, 5.74) is 0.508. The van der Waals surface area contributed by atoms with Crippen molar-refractivity contribution in [2.45, 2.75) is 45.1 Å². The van der Waals surface area contributed by atoms with Crippen LogP contribution in [0.25, 0.3) is 0 Å². The first kappa shape index (κ1) is 16.7. The van der Waals surface area contributed by atoms with E-state index in [1.807, 2.05) is 6.92 Å². The monoisotopic (exact) mass is 332 g/mol. The third-order valence-corrected chi connectivity index (χ3v) is 5.04. The van der Waals surface area contributed by atoms with Gasteiger partial charge in [0.1, 0.15) is 6.10 Å². The van der Waals surface area contributed by atoms with Gasteiger partial charge in [0.2, 0.25) is 5.88 Å². The number of rotatable bonds is 4. The molecule has 1 N–H and O–H groups in total. The van der Waals surface area contributed by atoms with Crippen LogP contribution in [0.2, 0.25) is 0 Å². The average molecular weight is 332 g/mol. The second-order valence-electron chi connectivity index (χ2n) is 6.89. The molecule has 0 spiro atoms. The summed E-state index contributed by atoms with van der Waals surface area (Å²) in [6.45, 7) is 2.60. The number of carboxylic acids is 1. The molecule has 0 bridgehead atoms. The number of hydrogen-bond donors (Lipinski definition) is 1. The van der Waals surface area contributed by atoms with E-state index in [4.69, 9.17) is 4.74 Å². The first-order valence-corrected chi connectivity index (χ1v) is 8.69. The van der Waals surface area contributed by atoms with Crippen LogP contribution >= 0.6 is 0 Å². The number of hydrogen-bond acceptors (Lipinski definition) is 4. The Morgan fingerprint density at radius 2 is 2.00 bits per heavy atom. The zero-order valence-corrected chi connectivity index (χ0v) is 14.0. The summed E-state index contributed by atoms with van der Waals surface area (Å²) in [4.78, 5) is 29.7. The highest BCUT2D eigenvalue weighted by atomic mass is 16.5. The Morgan fingerprint density at radius 3 is 2.67 bits per heavy atom. The molecule has 6 nitrogen and oxygen atoms in total. The van der Waals surface area contributed by atoms with Crippen molar-refractivity contribution in [3.8, 4) is 5.88 Å². The van der Waals surface area contributed by atoms with Crippen molar-refractivity contribution in [3.05, 3.63) is 23.9 Å². The zero-order chi connectivity index (χ0) is 17.1. The lowest BCUT2D eigenvalue weighted by Crippen LogP contribution is -2.30. The van der Waals surface area contributed by atoms with E-state index in [1.165, 1.54) is 19.3 Å². The molecule has 2 atom stereocenters. The quantitative estimate of drug-likeness (QED) is 0.917. The number of nitrogens with zero attached hydrogens (tertiary/aromatic N) is 2. The maximum Gasteiger partial charge on any atom is 0.308 e.